The maximum Gasteiger partial charge on any atom is 0.253 e. The molecule has 0 aliphatic carbocycles. The van der Waals surface area contributed by atoms with Crippen LogP contribution in [-0.4, -0.2) is 81.3 Å². The van der Waals surface area contributed by atoms with Gasteiger partial charge in [0.15, 0.2) is 0 Å². The van der Waals surface area contributed by atoms with Gasteiger partial charge in [0.1, 0.15) is 0 Å². The van der Waals surface area contributed by atoms with Crippen LogP contribution in [0.2, 0.25) is 0 Å². The van der Waals surface area contributed by atoms with Gasteiger partial charge in [0, 0.05) is 44.8 Å². The summed E-state index contributed by atoms with van der Waals surface area (Å²) in [4.78, 5) is 14.5. The van der Waals surface area contributed by atoms with Gasteiger partial charge in [-0.15, -0.1) is 0 Å². The second-order valence-electron chi connectivity index (χ2n) is 6.73. The molecule has 150 valence electrons. The Kier molecular flexibility index (Phi) is 5.90. The number of amides is 1. The van der Waals surface area contributed by atoms with Crippen LogP contribution in [0, 0.1) is 0 Å². The van der Waals surface area contributed by atoms with Crippen molar-refractivity contribution in [3.05, 3.63) is 29.8 Å². The zero-order valence-electron chi connectivity index (χ0n) is 15.4. The highest BCUT2D eigenvalue weighted by atomic mass is 32.2. The SMILES string of the molecule is CCS(=O)(=O)N1CCN(C(=O)c2cccc(S(=O)(=O)N3CCCC3)c2)CC1. The summed E-state index contributed by atoms with van der Waals surface area (Å²) < 4.78 is 52.1. The topological polar surface area (TPSA) is 95.1 Å². The van der Waals surface area contributed by atoms with Crippen LogP contribution < -0.4 is 0 Å². The summed E-state index contributed by atoms with van der Waals surface area (Å²) in [6, 6.07) is 6.11. The Morgan fingerprint density at radius 3 is 2.15 bits per heavy atom. The lowest BCUT2D eigenvalue weighted by atomic mass is 10.2. The smallest absolute Gasteiger partial charge is 0.253 e. The van der Waals surface area contributed by atoms with Crippen molar-refractivity contribution in [1.82, 2.24) is 13.5 Å². The highest BCUT2D eigenvalue weighted by molar-refractivity contribution is 7.89. The quantitative estimate of drug-likeness (QED) is 0.701. The van der Waals surface area contributed by atoms with Crippen LogP contribution in [0.5, 0.6) is 0 Å². The summed E-state index contributed by atoms with van der Waals surface area (Å²) in [6.45, 7) is 3.71. The van der Waals surface area contributed by atoms with Crippen LogP contribution in [-0.2, 0) is 20.0 Å². The Labute approximate surface area is 160 Å². The molecule has 0 spiro atoms. The normalized spacial score (nSPS) is 20.1. The largest absolute Gasteiger partial charge is 0.336 e. The molecule has 2 fully saturated rings. The number of piperazine rings is 1. The van der Waals surface area contributed by atoms with E-state index in [2.05, 4.69) is 0 Å². The van der Waals surface area contributed by atoms with Gasteiger partial charge in [-0.3, -0.25) is 4.79 Å². The molecule has 3 rings (SSSR count). The van der Waals surface area contributed by atoms with E-state index in [1.54, 1.807) is 24.0 Å². The number of carbonyl (C=O) groups is 1. The Balaban J connectivity index is 1.73. The second kappa shape index (κ2) is 7.86. The number of nitrogens with zero attached hydrogens (tertiary/aromatic N) is 3. The van der Waals surface area contributed by atoms with Gasteiger partial charge in [0.05, 0.1) is 10.6 Å². The van der Waals surface area contributed by atoms with Crippen molar-refractivity contribution < 1.29 is 21.6 Å². The molecule has 0 unspecified atom stereocenters. The molecule has 27 heavy (non-hydrogen) atoms. The van der Waals surface area contributed by atoms with Crippen molar-refractivity contribution in [2.45, 2.75) is 24.7 Å². The second-order valence-corrected chi connectivity index (χ2v) is 10.9. The van der Waals surface area contributed by atoms with Crippen molar-refractivity contribution in [3.8, 4) is 0 Å². The van der Waals surface area contributed by atoms with E-state index in [1.165, 1.54) is 20.7 Å². The maximum atomic E-state index is 12.8. The molecule has 1 aromatic rings. The van der Waals surface area contributed by atoms with E-state index >= 15 is 0 Å². The molecule has 2 heterocycles. The van der Waals surface area contributed by atoms with Crippen LogP contribution in [0.25, 0.3) is 0 Å². The van der Waals surface area contributed by atoms with E-state index in [0.29, 0.717) is 31.7 Å². The summed E-state index contributed by atoms with van der Waals surface area (Å²) in [5.74, 6) is -0.237. The molecule has 2 saturated heterocycles. The van der Waals surface area contributed by atoms with Gasteiger partial charge in [-0.25, -0.2) is 16.8 Å². The minimum Gasteiger partial charge on any atom is -0.336 e. The molecule has 2 aliphatic heterocycles. The van der Waals surface area contributed by atoms with Crippen molar-refractivity contribution >= 4 is 26.0 Å². The number of hydrogen-bond acceptors (Lipinski definition) is 5. The third-order valence-electron chi connectivity index (χ3n) is 5.07. The standard InChI is InChI=1S/C17H25N3O5S2/c1-2-26(22,23)19-12-10-18(11-13-19)17(21)15-6-5-7-16(14-15)27(24,25)20-8-3-4-9-20/h5-7,14H,2-4,8-13H2,1H3. The van der Waals surface area contributed by atoms with Crippen LogP contribution in [0.1, 0.15) is 30.1 Å². The molecule has 1 amide bonds. The molecule has 0 saturated carbocycles. The molecule has 0 radical (unpaired) electrons. The number of hydrogen-bond donors (Lipinski definition) is 0. The highest BCUT2D eigenvalue weighted by Gasteiger charge is 2.30. The first-order valence-corrected chi connectivity index (χ1v) is 12.2. The van der Waals surface area contributed by atoms with E-state index in [4.69, 9.17) is 0 Å². The molecule has 0 N–H and O–H groups in total. The minimum absolute atomic E-state index is 0.0390. The minimum atomic E-state index is -3.58. The molecule has 0 atom stereocenters. The Morgan fingerprint density at radius 1 is 0.926 bits per heavy atom. The van der Waals surface area contributed by atoms with E-state index < -0.39 is 20.0 Å². The third kappa shape index (κ3) is 4.18. The lowest BCUT2D eigenvalue weighted by Gasteiger charge is -2.33. The summed E-state index contributed by atoms with van der Waals surface area (Å²) in [7, 11) is -6.84. The molecule has 2 aliphatic rings. The van der Waals surface area contributed by atoms with Gasteiger partial charge >= 0.3 is 0 Å². The van der Waals surface area contributed by atoms with Gasteiger partial charge in [-0.1, -0.05) is 6.07 Å². The number of benzene rings is 1. The van der Waals surface area contributed by atoms with Gasteiger partial charge in [-0.2, -0.15) is 8.61 Å². The first-order valence-electron chi connectivity index (χ1n) is 9.13. The van der Waals surface area contributed by atoms with Gasteiger partial charge in [-0.05, 0) is 38.0 Å². The van der Waals surface area contributed by atoms with Gasteiger partial charge in [0.25, 0.3) is 5.91 Å². The lowest BCUT2D eigenvalue weighted by molar-refractivity contribution is 0.0697. The van der Waals surface area contributed by atoms with Crippen molar-refractivity contribution in [1.29, 1.82) is 0 Å². The van der Waals surface area contributed by atoms with Crippen LogP contribution >= 0.6 is 0 Å². The molecule has 0 bridgehead atoms. The molecule has 0 aromatic heterocycles. The molecule has 1 aromatic carbocycles. The van der Waals surface area contributed by atoms with Crippen molar-refractivity contribution in [2.75, 3.05) is 45.0 Å². The van der Waals surface area contributed by atoms with Gasteiger partial charge < -0.3 is 4.90 Å². The number of carbonyl (C=O) groups excluding carboxylic acids is 1. The van der Waals surface area contributed by atoms with E-state index in [-0.39, 0.29) is 29.6 Å². The fraction of sp³-hybridized carbons (Fsp3) is 0.588. The molecule has 8 nitrogen and oxygen atoms in total. The summed E-state index contributed by atoms with van der Waals surface area (Å²) in [6.07, 6.45) is 1.70. The number of sulfonamides is 2. The first kappa shape index (κ1) is 20.2. The Bertz CT molecular complexity index is 900. The Morgan fingerprint density at radius 2 is 1.56 bits per heavy atom. The Hall–Kier alpha value is -1.49. The third-order valence-corrected chi connectivity index (χ3v) is 8.84. The van der Waals surface area contributed by atoms with Crippen LogP contribution in [0.3, 0.4) is 0 Å². The van der Waals surface area contributed by atoms with Gasteiger partial charge in [0.2, 0.25) is 20.0 Å². The summed E-state index contributed by atoms with van der Waals surface area (Å²) in [5.41, 5.74) is 0.307. The fourth-order valence-electron chi connectivity index (χ4n) is 3.40. The van der Waals surface area contributed by atoms with Crippen LogP contribution in [0.4, 0.5) is 0 Å². The highest BCUT2D eigenvalue weighted by Crippen LogP contribution is 2.22. The fourth-order valence-corrected chi connectivity index (χ4v) is 6.05. The van der Waals surface area contributed by atoms with E-state index in [0.717, 1.165) is 12.8 Å². The maximum absolute atomic E-state index is 12.8. The van der Waals surface area contributed by atoms with E-state index in [1.807, 2.05) is 0 Å². The average Bonchev–Trinajstić information content (AvgIpc) is 3.23. The average molecular weight is 416 g/mol. The molecular formula is C17H25N3O5S2. The first-order chi connectivity index (χ1) is 12.8. The van der Waals surface area contributed by atoms with Crippen LogP contribution in [0.15, 0.2) is 29.2 Å². The number of rotatable bonds is 5. The predicted octanol–water partition coefficient (Wildman–Crippen LogP) is 0.579. The summed E-state index contributed by atoms with van der Waals surface area (Å²) >= 11 is 0. The molecule has 10 heteroatoms. The zero-order chi connectivity index (χ0) is 19.7. The molecular weight excluding hydrogens is 390 g/mol. The predicted molar refractivity (Wildman–Crippen MR) is 101 cm³/mol. The zero-order valence-corrected chi connectivity index (χ0v) is 17.0. The monoisotopic (exact) mass is 415 g/mol. The summed E-state index contributed by atoms with van der Waals surface area (Å²) in [5, 5.41) is 0. The van der Waals surface area contributed by atoms with Crippen molar-refractivity contribution in [2.24, 2.45) is 0 Å². The van der Waals surface area contributed by atoms with E-state index in [9.17, 15) is 21.6 Å². The lowest BCUT2D eigenvalue weighted by Crippen LogP contribution is -2.50. The van der Waals surface area contributed by atoms with Crippen molar-refractivity contribution in [3.63, 3.8) is 0 Å².